The Balaban J connectivity index is 2.14. The molecule has 2 aromatic carbocycles. The SMILES string of the molecule is C[C@@H](C#N)OC(=O)c1ccc(C(=O)c2ccccc2)cc1. The second-order valence-corrected chi connectivity index (χ2v) is 4.45. The summed E-state index contributed by atoms with van der Waals surface area (Å²) in [4.78, 5) is 23.9. The van der Waals surface area contributed by atoms with Crippen LogP contribution in [0.4, 0.5) is 0 Å². The van der Waals surface area contributed by atoms with Gasteiger partial charge in [-0.25, -0.2) is 4.79 Å². The van der Waals surface area contributed by atoms with E-state index in [2.05, 4.69) is 0 Å². The number of nitrogens with zero attached hydrogens (tertiary/aromatic N) is 1. The average molecular weight is 279 g/mol. The van der Waals surface area contributed by atoms with Crippen LogP contribution in [0.1, 0.15) is 33.2 Å². The molecule has 0 aromatic heterocycles. The summed E-state index contributed by atoms with van der Waals surface area (Å²) in [5, 5.41) is 8.60. The first-order valence-corrected chi connectivity index (χ1v) is 6.42. The Bertz CT molecular complexity index is 684. The molecular formula is C17H13NO3. The second-order valence-electron chi connectivity index (χ2n) is 4.45. The number of ether oxygens (including phenoxy) is 1. The third-order valence-electron chi connectivity index (χ3n) is 2.88. The first kappa shape index (κ1) is 14.5. The van der Waals surface area contributed by atoms with Crippen molar-refractivity contribution < 1.29 is 14.3 Å². The molecule has 0 heterocycles. The minimum Gasteiger partial charge on any atom is -0.444 e. The van der Waals surface area contributed by atoms with Gasteiger partial charge in [0.25, 0.3) is 0 Å². The molecule has 104 valence electrons. The van der Waals surface area contributed by atoms with E-state index in [9.17, 15) is 9.59 Å². The lowest BCUT2D eigenvalue weighted by atomic mass is 10.0. The summed E-state index contributed by atoms with van der Waals surface area (Å²) in [6.07, 6.45) is -0.803. The lowest BCUT2D eigenvalue weighted by molar-refractivity contribution is 0.0435. The van der Waals surface area contributed by atoms with E-state index < -0.39 is 12.1 Å². The van der Waals surface area contributed by atoms with Crippen LogP contribution in [0, 0.1) is 11.3 Å². The van der Waals surface area contributed by atoms with Gasteiger partial charge in [0.1, 0.15) is 6.07 Å². The van der Waals surface area contributed by atoms with Gasteiger partial charge in [-0.2, -0.15) is 5.26 Å². The third-order valence-corrected chi connectivity index (χ3v) is 2.88. The van der Waals surface area contributed by atoms with Crippen LogP contribution in [0.2, 0.25) is 0 Å². The van der Waals surface area contributed by atoms with Gasteiger partial charge in [0.05, 0.1) is 5.56 Å². The fraction of sp³-hybridized carbons (Fsp3) is 0.118. The molecule has 0 bridgehead atoms. The van der Waals surface area contributed by atoms with E-state index in [0.717, 1.165) is 0 Å². The second kappa shape index (κ2) is 6.49. The predicted molar refractivity (Wildman–Crippen MR) is 76.8 cm³/mol. The highest BCUT2D eigenvalue weighted by molar-refractivity contribution is 6.09. The first-order valence-electron chi connectivity index (χ1n) is 6.42. The number of ketones is 1. The van der Waals surface area contributed by atoms with Crippen molar-refractivity contribution in [1.29, 1.82) is 5.26 Å². The van der Waals surface area contributed by atoms with E-state index in [4.69, 9.17) is 10.00 Å². The molecule has 0 radical (unpaired) electrons. The smallest absolute Gasteiger partial charge is 0.339 e. The summed E-state index contributed by atoms with van der Waals surface area (Å²) >= 11 is 0. The van der Waals surface area contributed by atoms with Gasteiger partial charge in [0.2, 0.25) is 0 Å². The van der Waals surface area contributed by atoms with Gasteiger partial charge in [-0.05, 0) is 19.1 Å². The van der Waals surface area contributed by atoms with Gasteiger partial charge in [-0.1, -0.05) is 42.5 Å². The van der Waals surface area contributed by atoms with E-state index in [1.807, 2.05) is 12.1 Å². The topological polar surface area (TPSA) is 67.2 Å². The van der Waals surface area contributed by atoms with Gasteiger partial charge in [-0.3, -0.25) is 4.79 Å². The number of carbonyl (C=O) groups excluding carboxylic acids is 2. The maximum absolute atomic E-state index is 12.2. The van der Waals surface area contributed by atoms with Crippen LogP contribution < -0.4 is 0 Å². The number of rotatable bonds is 4. The molecule has 4 nitrogen and oxygen atoms in total. The summed E-state index contributed by atoms with van der Waals surface area (Å²) in [7, 11) is 0. The van der Waals surface area contributed by atoms with E-state index in [0.29, 0.717) is 16.7 Å². The van der Waals surface area contributed by atoms with Crippen LogP contribution >= 0.6 is 0 Å². The monoisotopic (exact) mass is 279 g/mol. The molecule has 2 aromatic rings. The number of carbonyl (C=O) groups is 2. The molecule has 0 amide bonds. The number of esters is 1. The normalized spacial score (nSPS) is 11.2. The molecule has 0 saturated heterocycles. The Morgan fingerprint density at radius 2 is 1.48 bits per heavy atom. The molecular weight excluding hydrogens is 266 g/mol. The zero-order valence-electron chi connectivity index (χ0n) is 11.4. The molecule has 0 N–H and O–H groups in total. The molecule has 2 rings (SSSR count). The summed E-state index contributed by atoms with van der Waals surface area (Å²) in [6.45, 7) is 1.49. The molecule has 0 aliphatic heterocycles. The van der Waals surface area contributed by atoms with E-state index >= 15 is 0 Å². The van der Waals surface area contributed by atoms with E-state index in [-0.39, 0.29) is 5.78 Å². The molecule has 0 saturated carbocycles. The van der Waals surface area contributed by atoms with Gasteiger partial charge in [0, 0.05) is 11.1 Å². The Morgan fingerprint density at radius 1 is 0.952 bits per heavy atom. The fourth-order valence-corrected chi connectivity index (χ4v) is 1.77. The van der Waals surface area contributed by atoms with Crippen molar-refractivity contribution in [2.75, 3.05) is 0 Å². The van der Waals surface area contributed by atoms with Crippen molar-refractivity contribution in [2.45, 2.75) is 13.0 Å². The molecule has 0 spiro atoms. The highest BCUT2D eigenvalue weighted by atomic mass is 16.5. The van der Waals surface area contributed by atoms with Gasteiger partial charge < -0.3 is 4.74 Å². The zero-order chi connectivity index (χ0) is 15.2. The van der Waals surface area contributed by atoms with Crippen LogP contribution in [0.3, 0.4) is 0 Å². The highest BCUT2D eigenvalue weighted by Gasteiger charge is 2.13. The minimum absolute atomic E-state index is 0.110. The maximum atomic E-state index is 12.2. The molecule has 1 atom stereocenters. The number of hydrogen-bond donors (Lipinski definition) is 0. The van der Waals surface area contributed by atoms with Crippen molar-refractivity contribution in [3.05, 3.63) is 71.3 Å². The van der Waals surface area contributed by atoms with Crippen LogP contribution in [0.25, 0.3) is 0 Å². The Hall–Kier alpha value is -2.93. The predicted octanol–water partition coefficient (Wildman–Crippen LogP) is 2.99. The van der Waals surface area contributed by atoms with Crippen molar-refractivity contribution in [3.63, 3.8) is 0 Å². The molecule has 0 aliphatic rings. The molecule has 0 aliphatic carbocycles. The summed E-state index contributed by atoms with van der Waals surface area (Å²) in [6, 6.07) is 16.9. The van der Waals surface area contributed by atoms with Crippen LogP contribution in [0.5, 0.6) is 0 Å². The van der Waals surface area contributed by atoms with Gasteiger partial charge in [0.15, 0.2) is 11.9 Å². The van der Waals surface area contributed by atoms with E-state index in [1.165, 1.54) is 19.1 Å². The molecule has 0 fully saturated rings. The van der Waals surface area contributed by atoms with Crippen LogP contribution in [0.15, 0.2) is 54.6 Å². The largest absolute Gasteiger partial charge is 0.444 e. The highest BCUT2D eigenvalue weighted by Crippen LogP contribution is 2.12. The summed E-state index contributed by atoms with van der Waals surface area (Å²) in [5.74, 6) is -0.691. The molecule has 0 unspecified atom stereocenters. The minimum atomic E-state index is -0.803. The van der Waals surface area contributed by atoms with Crippen molar-refractivity contribution in [2.24, 2.45) is 0 Å². The zero-order valence-corrected chi connectivity index (χ0v) is 11.4. The van der Waals surface area contributed by atoms with Gasteiger partial charge >= 0.3 is 5.97 Å². The third kappa shape index (κ3) is 3.54. The quantitative estimate of drug-likeness (QED) is 0.637. The summed E-state index contributed by atoms with van der Waals surface area (Å²) in [5.41, 5.74) is 1.39. The number of benzene rings is 2. The number of nitriles is 1. The van der Waals surface area contributed by atoms with Gasteiger partial charge in [-0.15, -0.1) is 0 Å². The molecule has 21 heavy (non-hydrogen) atoms. The first-order chi connectivity index (χ1) is 10.1. The van der Waals surface area contributed by atoms with Crippen LogP contribution in [-0.4, -0.2) is 17.9 Å². The van der Waals surface area contributed by atoms with Crippen molar-refractivity contribution in [3.8, 4) is 6.07 Å². The average Bonchev–Trinajstić information content (AvgIpc) is 2.55. The lowest BCUT2D eigenvalue weighted by Crippen LogP contribution is -2.13. The maximum Gasteiger partial charge on any atom is 0.339 e. The Morgan fingerprint density at radius 3 is 2.05 bits per heavy atom. The molecule has 4 heteroatoms. The van der Waals surface area contributed by atoms with Crippen molar-refractivity contribution in [1.82, 2.24) is 0 Å². The number of hydrogen-bond acceptors (Lipinski definition) is 4. The van der Waals surface area contributed by atoms with Crippen molar-refractivity contribution >= 4 is 11.8 Å². The Labute approximate surface area is 122 Å². The fourth-order valence-electron chi connectivity index (χ4n) is 1.77. The lowest BCUT2D eigenvalue weighted by Gasteiger charge is -2.06. The van der Waals surface area contributed by atoms with E-state index in [1.54, 1.807) is 36.4 Å². The van der Waals surface area contributed by atoms with Crippen LogP contribution in [-0.2, 0) is 4.74 Å². The summed E-state index contributed by atoms with van der Waals surface area (Å²) < 4.78 is 4.89. The standard InChI is InChI=1S/C17H13NO3/c1-12(11-18)21-17(20)15-9-7-14(8-10-15)16(19)13-5-3-2-4-6-13/h2-10,12H,1H3/t12-/m0/s1. The Kier molecular flexibility index (Phi) is 4.47.